The first-order chi connectivity index (χ1) is 19.0. The lowest BCUT2D eigenvalue weighted by molar-refractivity contribution is -0.140. The van der Waals surface area contributed by atoms with Gasteiger partial charge in [-0.25, -0.2) is 4.79 Å². The van der Waals surface area contributed by atoms with E-state index in [1.807, 2.05) is 48.7 Å². The molecule has 0 bridgehead atoms. The number of ether oxygens (including phenoxy) is 1. The first-order valence-corrected chi connectivity index (χ1v) is 14.2. The van der Waals surface area contributed by atoms with E-state index in [2.05, 4.69) is 10.6 Å². The average Bonchev–Trinajstić information content (AvgIpc) is 2.89. The molecule has 0 aliphatic heterocycles. The Labute approximate surface area is 238 Å². The summed E-state index contributed by atoms with van der Waals surface area (Å²) in [6, 6.07) is 18.7. The fraction of sp³-hybridized carbons (Fsp3) is 0.333. The standard InChI is InChI=1S/C30H34N4O5S/c1-30(2,3)39-29(38)33-25(14-17-40-4)28(37)34(16-15-31)26(22-10-7-11-24(35)19-22)27(36)32-23-13-12-20-8-5-6-9-21(20)18-23/h5-13,18-19,25-26,35H,14,16-17H2,1-4H3,(H,32,36)(H,33,38). The number of phenols is 1. The van der Waals surface area contributed by atoms with Crippen molar-refractivity contribution in [1.29, 1.82) is 5.26 Å². The molecule has 40 heavy (non-hydrogen) atoms. The predicted molar refractivity (Wildman–Crippen MR) is 157 cm³/mol. The molecule has 0 heterocycles. The van der Waals surface area contributed by atoms with Crippen molar-refractivity contribution < 1.29 is 24.2 Å². The quantitative estimate of drug-likeness (QED) is 0.289. The van der Waals surface area contributed by atoms with Gasteiger partial charge in [-0.05, 0) is 79.8 Å². The summed E-state index contributed by atoms with van der Waals surface area (Å²) >= 11 is 1.49. The van der Waals surface area contributed by atoms with Crippen LogP contribution in [0.1, 0.15) is 38.8 Å². The van der Waals surface area contributed by atoms with Gasteiger partial charge in [0.05, 0.1) is 6.07 Å². The molecule has 0 fully saturated rings. The minimum absolute atomic E-state index is 0.101. The number of carbonyl (C=O) groups is 3. The van der Waals surface area contributed by atoms with Crippen LogP contribution in [-0.4, -0.2) is 58.1 Å². The van der Waals surface area contributed by atoms with Crippen LogP contribution in [0.15, 0.2) is 66.7 Å². The van der Waals surface area contributed by atoms with Gasteiger partial charge >= 0.3 is 6.09 Å². The topological polar surface area (TPSA) is 132 Å². The van der Waals surface area contributed by atoms with E-state index in [9.17, 15) is 24.8 Å². The smallest absolute Gasteiger partial charge is 0.408 e. The molecule has 3 aromatic rings. The number of alkyl carbamates (subject to hydrolysis) is 1. The number of fused-ring (bicyclic) bond motifs is 1. The molecule has 2 unspecified atom stereocenters. The number of thioether (sulfide) groups is 1. The number of phenolic OH excluding ortho intramolecular Hbond substituents is 1. The van der Waals surface area contributed by atoms with Gasteiger partial charge in [-0.15, -0.1) is 0 Å². The van der Waals surface area contributed by atoms with Gasteiger partial charge in [0.2, 0.25) is 5.91 Å². The molecule has 2 atom stereocenters. The van der Waals surface area contributed by atoms with Crippen LogP contribution in [0.5, 0.6) is 5.75 Å². The van der Waals surface area contributed by atoms with Crippen molar-refractivity contribution in [3.63, 3.8) is 0 Å². The van der Waals surface area contributed by atoms with Gasteiger partial charge in [-0.1, -0.05) is 42.5 Å². The molecule has 10 heteroatoms. The number of anilines is 1. The van der Waals surface area contributed by atoms with E-state index in [1.54, 1.807) is 39.0 Å². The Morgan fingerprint density at radius 1 is 1.05 bits per heavy atom. The number of aromatic hydroxyl groups is 1. The van der Waals surface area contributed by atoms with Crippen LogP contribution in [0, 0.1) is 11.3 Å². The van der Waals surface area contributed by atoms with Gasteiger partial charge in [0.1, 0.15) is 30.0 Å². The normalized spacial score (nSPS) is 12.6. The molecule has 3 rings (SSSR count). The Kier molecular flexibility index (Phi) is 10.4. The third-order valence-corrected chi connectivity index (χ3v) is 6.53. The van der Waals surface area contributed by atoms with Gasteiger partial charge in [-0.2, -0.15) is 17.0 Å². The summed E-state index contributed by atoms with van der Waals surface area (Å²) in [7, 11) is 0. The number of hydrogen-bond donors (Lipinski definition) is 3. The zero-order valence-electron chi connectivity index (χ0n) is 23.0. The third kappa shape index (κ3) is 8.38. The van der Waals surface area contributed by atoms with Crippen molar-refractivity contribution in [2.24, 2.45) is 0 Å². The van der Waals surface area contributed by atoms with Crippen LogP contribution < -0.4 is 10.6 Å². The van der Waals surface area contributed by atoms with E-state index in [-0.39, 0.29) is 12.2 Å². The zero-order chi connectivity index (χ0) is 29.3. The lowest BCUT2D eigenvalue weighted by Gasteiger charge is -2.33. The molecule has 210 valence electrons. The summed E-state index contributed by atoms with van der Waals surface area (Å²) in [5.74, 6) is -0.767. The van der Waals surface area contributed by atoms with E-state index in [0.717, 1.165) is 15.7 Å². The molecule has 0 aliphatic carbocycles. The highest BCUT2D eigenvalue weighted by Crippen LogP contribution is 2.28. The van der Waals surface area contributed by atoms with Crippen LogP contribution in [-0.2, 0) is 14.3 Å². The van der Waals surface area contributed by atoms with E-state index < -0.39 is 42.1 Å². The largest absolute Gasteiger partial charge is 0.508 e. The molecule has 3 amide bonds. The summed E-state index contributed by atoms with van der Waals surface area (Å²) in [5, 5.41) is 27.2. The van der Waals surface area contributed by atoms with E-state index in [0.29, 0.717) is 17.0 Å². The molecule has 0 radical (unpaired) electrons. The lowest BCUT2D eigenvalue weighted by atomic mass is 10.0. The van der Waals surface area contributed by atoms with Gasteiger partial charge < -0.3 is 25.4 Å². The highest BCUT2D eigenvalue weighted by atomic mass is 32.2. The Balaban J connectivity index is 1.99. The molecule has 0 saturated heterocycles. The maximum absolute atomic E-state index is 13.9. The fourth-order valence-electron chi connectivity index (χ4n) is 4.16. The van der Waals surface area contributed by atoms with Gasteiger partial charge in [-0.3, -0.25) is 9.59 Å². The number of rotatable bonds is 10. The number of carbonyl (C=O) groups excluding carboxylic acids is 3. The SMILES string of the molecule is CSCCC(NC(=O)OC(C)(C)C)C(=O)N(CC#N)C(C(=O)Nc1ccc2ccccc2c1)c1cccc(O)c1. The molecule has 3 aromatic carbocycles. The molecular formula is C30H34N4O5S. The Bertz CT molecular complexity index is 1400. The average molecular weight is 563 g/mol. The number of benzene rings is 3. The van der Waals surface area contributed by atoms with Crippen LogP contribution in [0.2, 0.25) is 0 Å². The number of nitrogens with one attached hydrogen (secondary N) is 2. The summed E-state index contributed by atoms with van der Waals surface area (Å²) in [5.41, 5.74) is 0.0275. The highest BCUT2D eigenvalue weighted by molar-refractivity contribution is 7.98. The van der Waals surface area contributed by atoms with Crippen molar-refractivity contribution in [2.75, 3.05) is 23.9 Å². The second kappa shape index (κ2) is 13.7. The first-order valence-electron chi connectivity index (χ1n) is 12.8. The highest BCUT2D eigenvalue weighted by Gasteiger charge is 2.36. The monoisotopic (exact) mass is 562 g/mol. The number of amides is 3. The van der Waals surface area contributed by atoms with Crippen LogP contribution in [0.3, 0.4) is 0 Å². The number of hydrogen-bond acceptors (Lipinski definition) is 7. The van der Waals surface area contributed by atoms with E-state index in [4.69, 9.17) is 4.74 Å². The van der Waals surface area contributed by atoms with Crippen LogP contribution >= 0.6 is 11.8 Å². The molecule has 0 spiro atoms. The third-order valence-electron chi connectivity index (χ3n) is 5.89. The van der Waals surface area contributed by atoms with Crippen molar-refractivity contribution in [2.45, 2.75) is 44.9 Å². The van der Waals surface area contributed by atoms with Crippen molar-refractivity contribution >= 4 is 46.1 Å². The minimum Gasteiger partial charge on any atom is -0.508 e. The summed E-state index contributed by atoms with van der Waals surface area (Å²) in [6.45, 7) is 4.70. The molecule has 9 nitrogen and oxygen atoms in total. The lowest BCUT2D eigenvalue weighted by Crippen LogP contribution is -2.52. The van der Waals surface area contributed by atoms with Gasteiger partial charge in [0, 0.05) is 5.69 Å². The fourth-order valence-corrected chi connectivity index (χ4v) is 4.63. The van der Waals surface area contributed by atoms with Crippen LogP contribution in [0.25, 0.3) is 10.8 Å². The Hall–Kier alpha value is -4.23. The number of nitriles is 1. The summed E-state index contributed by atoms with van der Waals surface area (Å²) in [6.07, 6.45) is 1.34. The van der Waals surface area contributed by atoms with Crippen LogP contribution in [0.4, 0.5) is 10.5 Å². The Morgan fingerprint density at radius 2 is 1.77 bits per heavy atom. The predicted octanol–water partition coefficient (Wildman–Crippen LogP) is 5.22. The van der Waals surface area contributed by atoms with E-state index >= 15 is 0 Å². The van der Waals surface area contributed by atoms with E-state index in [1.165, 1.54) is 23.9 Å². The maximum atomic E-state index is 13.9. The summed E-state index contributed by atoms with van der Waals surface area (Å²) < 4.78 is 5.36. The van der Waals surface area contributed by atoms with Crippen molar-refractivity contribution in [1.82, 2.24) is 10.2 Å². The molecule has 3 N–H and O–H groups in total. The second-order valence-electron chi connectivity index (χ2n) is 10.2. The van der Waals surface area contributed by atoms with Gasteiger partial charge in [0.25, 0.3) is 5.91 Å². The summed E-state index contributed by atoms with van der Waals surface area (Å²) in [4.78, 5) is 41.5. The first kappa shape index (κ1) is 30.3. The van der Waals surface area contributed by atoms with Crippen molar-refractivity contribution in [3.05, 3.63) is 72.3 Å². The van der Waals surface area contributed by atoms with Gasteiger partial charge in [0.15, 0.2) is 0 Å². The molecule has 0 aromatic heterocycles. The second-order valence-corrected chi connectivity index (χ2v) is 11.1. The number of nitrogens with zero attached hydrogens (tertiary/aromatic N) is 2. The zero-order valence-corrected chi connectivity index (χ0v) is 23.8. The Morgan fingerprint density at radius 3 is 2.42 bits per heavy atom. The molecule has 0 aliphatic rings. The maximum Gasteiger partial charge on any atom is 0.408 e. The molecule has 0 saturated carbocycles. The van der Waals surface area contributed by atoms with Crippen molar-refractivity contribution in [3.8, 4) is 11.8 Å². The molecular weight excluding hydrogens is 528 g/mol. The minimum atomic E-state index is -1.28.